The number of nitrogen functional groups attached to an aromatic ring is 2. The molecule has 1 heterocycles. The number of rotatable bonds is 5. The van der Waals surface area contributed by atoms with E-state index in [1.54, 1.807) is 30.1 Å². The van der Waals surface area contributed by atoms with Crippen molar-refractivity contribution >= 4 is 23.4 Å². The van der Waals surface area contributed by atoms with Crippen LogP contribution in [0, 0.1) is 11.3 Å². The van der Waals surface area contributed by atoms with E-state index in [1.807, 2.05) is 6.92 Å². The van der Waals surface area contributed by atoms with Crippen molar-refractivity contribution in [1.82, 2.24) is 4.57 Å². The highest BCUT2D eigenvalue weighted by Crippen LogP contribution is 2.39. The van der Waals surface area contributed by atoms with Gasteiger partial charge in [0.1, 0.15) is 11.4 Å². The molecular weight excluding hydrogens is 280 g/mol. The first-order valence-electron chi connectivity index (χ1n) is 7.15. The average molecular weight is 302 g/mol. The lowest BCUT2D eigenvalue weighted by atomic mass is 10.1. The van der Waals surface area contributed by atoms with Gasteiger partial charge < -0.3 is 21.8 Å². The monoisotopic (exact) mass is 302 g/mol. The minimum atomic E-state index is -0.349. The van der Waals surface area contributed by atoms with Crippen molar-refractivity contribution in [3.8, 4) is 0 Å². The lowest BCUT2D eigenvalue weighted by molar-refractivity contribution is 0.471. The predicted molar refractivity (Wildman–Crippen MR) is 90.1 cm³/mol. The Labute approximate surface area is 129 Å². The van der Waals surface area contributed by atoms with Gasteiger partial charge in [-0.1, -0.05) is 0 Å². The summed E-state index contributed by atoms with van der Waals surface area (Å²) in [5.41, 5.74) is 18.3. The summed E-state index contributed by atoms with van der Waals surface area (Å²) >= 11 is 0. The van der Waals surface area contributed by atoms with E-state index in [0.717, 1.165) is 12.8 Å². The second-order valence-electron chi connectivity index (χ2n) is 5.56. The largest absolute Gasteiger partial charge is 0.398 e. The summed E-state index contributed by atoms with van der Waals surface area (Å²) in [6.45, 7) is 1.98. The summed E-state index contributed by atoms with van der Waals surface area (Å²) in [4.78, 5) is 16.4. The van der Waals surface area contributed by atoms with Crippen LogP contribution in [0.25, 0.3) is 5.70 Å². The van der Waals surface area contributed by atoms with Crippen LogP contribution in [0.3, 0.4) is 0 Å². The number of anilines is 1. The van der Waals surface area contributed by atoms with E-state index < -0.39 is 0 Å². The quantitative estimate of drug-likeness (QED) is 0.469. The number of aliphatic imine (C=N–C) groups is 1. The van der Waals surface area contributed by atoms with Gasteiger partial charge in [-0.25, -0.2) is 0 Å². The molecule has 0 amide bonds. The highest BCUT2D eigenvalue weighted by Gasteiger charge is 2.31. The normalized spacial score (nSPS) is 16.9. The zero-order valence-electron chi connectivity index (χ0n) is 12.8. The maximum Gasteiger partial charge on any atom is 0.263 e. The van der Waals surface area contributed by atoms with E-state index in [9.17, 15) is 4.79 Å². The standard InChI is InChI=1S/C15H22N6O/c1-8(9-3-4-9)21-7-10(11(16)5-6-20-2)13(17)12(14(18)19)15(21)22/h5-9H,3-4,16-17H2,1-2H3,(H3,18,19)/b11-5-,20-6?. The topological polar surface area (TPSA) is 136 Å². The van der Waals surface area contributed by atoms with Crippen LogP contribution in [0.5, 0.6) is 0 Å². The number of nitrogens with two attached hydrogens (primary N) is 3. The molecule has 1 saturated carbocycles. The zero-order chi connectivity index (χ0) is 16.4. The third-order valence-electron chi connectivity index (χ3n) is 4.00. The van der Waals surface area contributed by atoms with Gasteiger partial charge in [0.2, 0.25) is 0 Å². The number of aromatic nitrogens is 1. The fourth-order valence-corrected chi connectivity index (χ4v) is 2.49. The van der Waals surface area contributed by atoms with E-state index in [4.69, 9.17) is 22.6 Å². The molecule has 22 heavy (non-hydrogen) atoms. The Bertz CT molecular complexity index is 711. The smallest absolute Gasteiger partial charge is 0.263 e. The van der Waals surface area contributed by atoms with Gasteiger partial charge in [0.25, 0.3) is 5.56 Å². The predicted octanol–water partition coefficient (Wildman–Crippen LogP) is 0.686. The van der Waals surface area contributed by atoms with Crippen LogP contribution in [-0.2, 0) is 0 Å². The lowest BCUT2D eigenvalue weighted by Gasteiger charge is -2.19. The number of hydrogen-bond donors (Lipinski definition) is 4. The van der Waals surface area contributed by atoms with Gasteiger partial charge in [-0.2, -0.15) is 0 Å². The molecule has 1 aliphatic carbocycles. The molecule has 1 aromatic heterocycles. The average Bonchev–Trinajstić information content (AvgIpc) is 3.28. The molecule has 0 radical (unpaired) electrons. The van der Waals surface area contributed by atoms with E-state index in [-0.39, 0.29) is 28.7 Å². The number of nitrogens with one attached hydrogen (secondary N) is 1. The van der Waals surface area contributed by atoms with Crippen molar-refractivity contribution < 1.29 is 0 Å². The molecule has 7 nitrogen and oxygen atoms in total. The van der Waals surface area contributed by atoms with Crippen molar-refractivity contribution in [2.24, 2.45) is 22.4 Å². The molecule has 7 N–H and O–H groups in total. The molecule has 1 aromatic rings. The van der Waals surface area contributed by atoms with Crippen LogP contribution in [-0.4, -0.2) is 23.7 Å². The molecule has 0 bridgehead atoms. The van der Waals surface area contributed by atoms with E-state index in [2.05, 4.69) is 4.99 Å². The van der Waals surface area contributed by atoms with E-state index in [1.165, 1.54) is 0 Å². The van der Waals surface area contributed by atoms with Gasteiger partial charge >= 0.3 is 0 Å². The van der Waals surface area contributed by atoms with Crippen molar-refractivity contribution in [2.75, 3.05) is 12.8 Å². The Hall–Kier alpha value is -2.57. The first kappa shape index (κ1) is 15.8. The minimum Gasteiger partial charge on any atom is -0.398 e. The van der Waals surface area contributed by atoms with Gasteiger partial charge in [-0.15, -0.1) is 0 Å². The van der Waals surface area contributed by atoms with E-state index in [0.29, 0.717) is 17.2 Å². The Balaban J connectivity index is 2.68. The fraction of sp³-hybridized carbons (Fsp3) is 0.400. The SMILES string of the molecule is CN=C/C=C(\N)c1cn(C(C)C2CC2)c(=O)c(C(=N)N)c1N. The molecule has 7 heteroatoms. The van der Waals surface area contributed by atoms with Crippen LogP contribution >= 0.6 is 0 Å². The number of nitrogens with zero attached hydrogens (tertiary/aromatic N) is 2. The number of hydrogen-bond acceptors (Lipinski definition) is 5. The van der Waals surface area contributed by atoms with Crippen LogP contribution in [0.1, 0.15) is 36.9 Å². The molecule has 1 atom stereocenters. The van der Waals surface area contributed by atoms with Gasteiger partial charge in [0.05, 0.1) is 5.69 Å². The fourth-order valence-electron chi connectivity index (χ4n) is 2.49. The summed E-state index contributed by atoms with van der Waals surface area (Å²) in [7, 11) is 1.63. The van der Waals surface area contributed by atoms with Gasteiger partial charge in [0.15, 0.2) is 0 Å². The zero-order valence-corrected chi connectivity index (χ0v) is 12.8. The van der Waals surface area contributed by atoms with Gasteiger partial charge in [-0.3, -0.25) is 15.2 Å². The molecule has 0 saturated heterocycles. The summed E-state index contributed by atoms with van der Waals surface area (Å²) < 4.78 is 1.59. The summed E-state index contributed by atoms with van der Waals surface area (Å²) in [5.74, 6) is 0.120. The number of allylic oxidation sites excluding steroid dienone is 1. The van der Waals surface area contributed by atoms with Crippen LogP contribution < -0.4 is 22.8 Å². The highest BCUT2D eigenvalue weighted by atomic mass is 16.1. The highest BCUT2D eigenvalue weighted by molar-refractivity contribution is 6.02. The van der Waals surface area contributed by atoms with Crippen molar-refractivity contribution in [3.05, 3.63) is 33.8 Å². The molecule has 118 valence electrons. The molecule has 0 spiro atoms. The molecule has 2 rings (SSSR count). The molecule has 0 aliphatic heterocycles. The first-order valence-corrected chi connectivity index (χ1v) is 7.15. The van der Waals surface area contributed by atoms with Crippen molar-refractivity contribution in [1.29, 1.82) is 5.41 Å². The molecular formula is C15H22N6O. The maximum atomic E-state index is 12.6. The molecule has 1 fully saturated rings. The Morgan fingerprint density at radius 2 is 2.14 bits per heavy atom. The molecule has 0 aromatic carbocycles. The minimum absolute atomic E-state index is 0.00906. The summed E-state index contributed by atoms with van der Waals surface area (Å²) in [6.07, 6.45) is 6.99. The number of amidine groups is 1. The van der Waals surface area contributed by atoms with Crippen LogP contribution in [0.4, 0.5) is 5.69 Å². The summed E-state index contributed by atoms with van der Waals surface area (Å²) in [6, 6.07) is 0.0255. The molecule has 1 aliphatic rings. The van der Waals surface area contributed by atoms with Gasteiger partial charge in [0, 0.05) is 36.8 Å². The Morgan fingerprint density at radius 3 is 2.64 bits per heavy atom. The van der Waals surface area contributed by atoms with Gasteiger partial charge in [-0.05, 0) is 31.8 Å². The van der Waals surface area contributed by atoms with Crippen molar-refractivity contribution in [3.63, 3.8) is 0 Å². The van der Waals surface area contributed by atoms with Crippen molar-refractivity contribution in [2.45, 2.75) is 25.8 Å². The van der Waals surface area contributed by atoms with Crippen LogP contribution in [0.15, 0.2) is 22.1 Å². The van der Waals surface area contributed by atoms with E-state index >= 15 is 0 Å². The molecule has 1 unspecified atom stereocenters. The van der Waals surface area contributed by atoms with Crippen LogP contribution in [0.2, 0.25) is 0 Å². The summed E-state index contributed by atoms with van der Waals surface area (Å²) in [5, 5.41) is 7.65. The third-order valence-corrected chi connectivity index (χ3v) is 4.00. The lowest BCUT2D eigenvalue weighted by Crippen LogP contribution is -2.34. The first-order chi connectivity index (χ1) is 10.4. The second kappa shape index (κ2) is 6.05. The maximum absolute atomic E-state index is 12.6. The second-order valence-corrected chi connectivity index (χ2v) is 5.56. The third kappa shape index (κ3) is 2.88. The number of pyridine rings is 1. The Kier molecular flexibility index (Phi) is 4.35. The Morgan fingerprint density at radius 1 is 1.50 bits per heavy atom.